The number of aryl methyl sites for hydroxylation is 2. The Morgan fingerprint density at radius 2 is 1.68 bits per heavy atom. The van der Waals surface area contributed by atoms with Crippen LogP contribution in [0.5, 0.6) is 5.75 Å². The summed E-state index contributed by atoms with van der Waals surface area (Å²) in [4.78, 5) is 4.33. The quantitative estimate of drug-likeness (QED) is 0.443. The lowest BCUT2D eigenvalue weighted by atomic mass is 10.1. The first-order valence-electron chi connectivity index (χ1n) is 9.61. The van der Waals surface area contributed by atoms with Gasteiger partial charge in [-0.3, -0.25) is 4.98 Å². The SMILES string of the molecule is COc1ccc(S(=O)(=O)c2cnc3ccc(F)cc3c2Nc2ccc(C)c(C)c2)cc1. The van der Waals surface area contributed by atoms with E-state index >= 15 is 0 Å². The minimum atomic E-state index is -3.94. The molecule has 0 unspecified atom stereocenters. The molecule has 1 N–H and O–H groups in total. The number of sulfone groups is 1. The van der Waals surface area contributed by atoms with Crippen molar-refractivity contribution in [1.29, 1.82) is 0 Å². The van der Waals surface area contributed by atoms with Gasteiger partial charge in [0.15, 0.2) is 0 Å². The summed E-state index contributed by atoms with van der Waals surface area (Å²) in [5, 5.41) is 3.58. The Balaban J connectivity index is 1.93. The van der Waals surface area contributed by atoms with E-state index in [1.807, 2.05) is 32.0 Å². The molecule has 0 saturated heterocycles. The predicted octanol–water partition coefficient (Wildman–Crippen LogP) is 5.58. The third-order valence-electron chi connectivity index (χ3n) is 5.23. The van der Waals surface area contributed by atoms with Gasteiger partial charge in [-0.1, -0.05) is 6.07 Å². The number of rotatable bonds is 5. The van der Waals surface area contributed by atoms with E-state index in [2.05, 4.69) is 10.3 Å². The molecule has 7 heteroatoms. The van der Waals surface area contributed by atoms with Crippen molar-refractivity contribution in [2.24, 2.45) is 0 Å². The standard InChI is InChI=1S/C24H21FN2O3S/c1-15-4-6-18(12-16(15)2)27-24-21-13-17(25)5-11-22(21)26-14-23(24)31(28,29)20-9-7-19(30-3)8-10-20/h4-14H,1-3H3,(H,26,27). The minimum Gasteiger partial charge on any atom is -0.497 e. The molecule has 0 fully saturated rings. The summed E-state index contributed by atoms with van der Waals surface area (Å²) in [5.74, 6) is 0.0718. The summed E-state index contributed by atoms with van der Waals surface area (Å²) >= 11 is 0. The number of nitrogens with one attached hydrogen (secondary N) is 1. The minimum absolute atomic E-state index is 0.0333. The van der Waals surface area contributed by atoms with Gasteiger partial charge in [0.1, 0.15) is 16.5 Å². The smallest absolute Gasteiger partial charge is 0.210 e. The number of benzene rings is 3. The lowest BCUT2D eigenvalue weighted by molar-refractivity contribution is 0.414. The largest absolute Gasteiger partial charge is 0.497 e. The third-order valence-corrected chi connectivity index (χ3v) is 7.01. The van der Waals surface area contributed by atoms with E-state index in [1.54, 1.807) is 12.1 Å². The van der Waals surface area contributed by atoms with Gasteiger partial charge in [0.05, 0.1) is 23.2 Å². The molecule has 1 aromatic heterocycles. The zero-order chi connectivity index (χ0) is 22.2. The molecule has 0 bridgehead atoms. The van der Waals surface area contributed by atoms with Crippen molar-refractivity contribution >= 4 is 32.1 Å². The number of hydrogen-bond acceptors (Lipinski definition) is 5. The lowest BCUT2D eigenvalue weighted by Gasteiger charge is -2.16. The van der Waals surface area contributed by atoms with Crippen LogP contribution in [0.15, 0.2) is 76.7 Å². The van der Waals surface area contributed by atoms with Crippen molar-refractivity contribution in [1.82, 2.24) is 4.98 Å². The van der Waals surface area contributed by atoms with Gasteiger partial charge in [-0.25, -0.2) is 12.8 Å². The van der Waals surface area contributed by atoms with E-state index in [4.69, 9.17) is 4.74 Å². The highest BCUT2D eigenvalue weighted by Gasteiger charge is 2.24. The number of fused-ring (bicyclic) bond motifs is 1. The van der Waals surface area contributed by atoms with E-state index in [0.717, 1.165) is 11.1 Å². The molecule has 1 heterocycles. The van der Waals surface area contributed by atoms with Gasteiger partial charge in [0.2, 0.25) is 9.84 Å². The van der Waals surface area contributed by atoms with E-state index < -0.39 is 15.7 Å². The summed E-state index contributed by atoms with van der Waals surface area (Å²) in [7, 11) is -2.43. The molecule has 0 spiro atoms. The molecule has 4 rings (SSSR count). The number of anilines is 2. The van der Waals surface area contributed by atoms with Gasteiger partial charge in [0, 0.05) is 17.3 Å². The zero-order valence-electron chi connectivity index (χ0n) is 17.3. The Kier molecular flexibility index (Phi) is 5.37. The molecule has 5 nitrogen and oxygen atoms in total. The van der Waals surface area contributed by atoms with Crippen molar-refractivity contribution < 1.29 is 17.5 Å². The van der Waals surface area contributed by atoms with Crippen LogP contribution in [0.3, 0.4) is 0 Å². The number of aromatic nitrogens is 1. The topological polar surface area (TPSA) is 68.3 Å². The molecule has 0 aliphatic rings. The first-order chi connectivity index (χ1) is 14.8. The molecule has 0 aliphatic heterocycles. The van der Waals surface area contributed by atoms with Gasteiger partial charge in [0.25, 0.3) is 0 Å². The van der Waals surface area contributed by atoms with Crippen LogP contribution in [0, 0.1) is 19.7 Å². The van der Waals surface area contributed by atoms with Gasteiger partial charge in [-0.15, -0.1) is 0 Å². The molecular weight excluding hydrogens is 415 g/mol. The molecule has 0 atom stereocenters. The summed E-state index contributed by atoms with van der Waals surface area (Å²) in [5.41, 5.74) is 3.63. The van der Waals surface area contributed by atoms with Gasteiger partial charge < -0.3 is 10.1 Å². The average molecular weight is 437 g/mol. The fourth-order valence-corrected chi connectivity index (χ4v) is 4.69. The first kappa shape index (κ1) is 20.8. The average Bonchev–Trinajstić information content (AvgIpc) is 2.76. The summed E-state index contributed by atoms with van der Waals surface area (Å²) in [6.45, 7) is 3.97. The highest BCUT2D eigenvalue weighted by atomic mass is 32.2. The van der Waals surface area contributed by atoms with Gasteiger partial charge in [-0.05, 0) is 79.6 Å². The summed E-state index contributed by atoms with van der Waals surface area (Å²) < 4.78 is 46.2. The Morgan fingerprint density at radius 3 is 2.35 bits per heavy atom. The van der Waals surface area contributed by atoms with E-state index in [1.165, 1.54) is 43.6 Å². The molecule has 31 heavy (non-hydrogen) atoms. The maximum Gasteiger partial charge on any atom is 0.210 e. The first-order valence-corrected chi connectivity index (χ1v) is 11.1. The number of ether oxygens (including phenoxy) is 1. The lowest BCUT2D eigenvalue weighted by Crippen LogP contribution is -2.07. The molecule has 0 aliphatic carbocycles. The zero-order valence-corrected chi connectivity index (χ0v) is 18.1. The summed E-state index contributed by atoms with van der Waals surface area (Å²) in [6, 6.07) is 16.0. The van der Waals surface area contributed by atoms with Crippen LogP contribution >= 0.6 is 0 Å². The molecular formula is C24H21FN2O3S. The molecule has 4 aromatic rings. The van der Waals surface area contributed by atoms with Gasteiger partial charge in [-0.2, -0.15) is 0 Å². The number of pyridine rings is 1. The maximum absolute atomic E-state index is 14.1. The number of nitrogens with zero attached hydrogens (tertiary/aromatic N) is 1. The maximum atomic E-state index is 14.1. The molecule has 3 aromatic carbocycles. The predicted molar refractivity (Wildman–Crippen MR) is 119 cm³/mol. The van der Waals surface area contributed by atoms with E-state index in [-0.39, 0.29) is 15.5 Å². The number of methoxy groups -OCH3 is 1. The Hall–Kier alpha value is -3.45. The van der Waals surface area contributed by atoms with Gasteiger partial charge >= 0.3 is 0 Å². The monoisotopic (exact) mass is 436 g/mol. The highest BCUT2D eigenvalue weighted by molar-refractivity contribution is 7.91. The van der Waals surface area contributed by atoms with E-state index in [9.17, 15) is 12.8 Å². The molecule has 158 valence electrons. The normalized spacial score (nSPS) is 11.5. The van der Waals surface area contributed by atoms with Crippen LogP contribution < -0.4 is 10.1 Å². The van der Waals surface area contributed by atoms with Crippen LogP contribution in [0.4, 0.5) is 15.8 Å². The van der Waals surface area contributed by atoms with Crippen LogP contribution in [0.25, 0.3) is 10.9 Å². The van der Waals surface area contributed by atoms with E-state index in [0.29, 0.717) is 22.3 Å². The van der Waals surface area contributed by atoms with Crippen molar-refractivity contribution in [2.45, 2.75) is 23.6 Å². The van der Waals surface area contributed by atoms with Crippen molar-refractivity contribution in [3.63, 3.8) is 0 Å². The molecule has 0 amide bonds. The van der Waals surface area contributed by atoms with Crippen LogP contribution in [-0.2, 0) is 9.84 Å². The summed E-state index contributed by atoms with van der Waals surface area (Å²) in [6.07, 6.45) is 1.31. The second-order valence-corrected chi connectivity index (χ2v) is 9.18. The second-order valence-electron chi connectivity index (χ2n) is 7.26. The Bertz CT molecular complexity index is 1380. The number of halogens is 1. The molecule has 0 radical (unpaired) electrons. The van der Waals surface area contributed by atoms with Crippen molar-refractivity contribution in [3.05, 3.63) is 83.8 Å². The fourth-order valence-electron chi connectivity index (χ4n) is 3.32. The Labute approximate surface area is 180 Å². The van der Waals surface area contributed by atoms with Crippen LogP contribution in [0.2, 0.25) is 0 Å². The Morgan fingerprint density at radius 1 is 0.935 bits per heavy atom. The number of hydrogen-bond donors (Lipinski definition) is 1. The fraction of sp³-hybridized carbons (Fsp3) is 0.125. The van der Waals surface area contributed by atoms with Crippen molar-refractivity contribution in [3.8, 4) is 5.75 Å². The highest BCUT2D eigenvalue weighted by Crippen LogP contribution is 2.36. The van der Waals surface area contributed by atoms with Crippen LogP contribution in [0.1, 0.15) is 11.1 Å². The molecule has 0 saturated carbocycles. The van der Waals surface area contributed by atoms with Crippen molar-refractivity contribution in [2.75, 3.05) is 12.4 Å². The third kappa shape index (κ3) is 3.96. The second kappa shape index (κ2) is 8.00. The van der Waals surface area contributed by atoms with Crippen LogP contribution in [-0.4, -0.2) is 20.5 Å².